The smallest absolute Gasteiger partial charge is 0.319 e. The number of carbonyl (C=O) groups is 2. The van der Waals surface area contributed by atoms with Gasteiger partial charge in [-0.1, -0.05) is 0 Å². The largest absolute Gasteiger partial charge is 0.481 e. The lowest BCUT2D eigenvalue weighted by atomic mass is 9.80. The number of hydrogen-bond acceptors (Lipinski definition) is 3. The van der Waals surface area contributed by atoms with Gasteiger partial charge in [0.05, 0.1) is 5.41 Å². The number of anilines is 1. The number of aliphatic carboxylic acids is 1. The molecule has 0 bridgehead atoms. The molecule has 0 aromatic heterocycles. The number of carboxylic acids is 1. The highest BCUT2D eigenvalue weighted by Gasteiger charge is 2.40. The predicted octanol–water partition coefficient (Wildman–Crippen LogP) is 1.83. The van der Waals surface area contributed by atoms with E-state index in [9.17, 15) is 19.1 Å². The minimum absolute atomic E-state index is 0.0265. The number of carboxylic acid groups (broad SMARTS) is 1. The number of halogens is 1. The van der Waals surface area contributed by atoms with E-state index in [1.165, 1.54) is 24.3 Å². The normalized spacial score (nSPS) is 17.0. The summed E-state index contributed by atoms with van der Waals surface area (Å²) < 4.78 is 17.9. The molecule has 7 heteroatoms. The first-order valence-electron chi connectivity index (χ1n) is 6.63. The van der Waals surface area contributed by atoms with Crippen molar-refractivity contribution in [2.24, 2.45) is 5.41 Å². The molecule has 1 saturated heterocycles. The van der Waals surface area contributed by atoms with Gasteiger partial charge in [0.15, 0.2) is 0 Å². The molecule has 0 atom stereocenters. The van der Waals surface area contributed by atoms with Crippen LogP contribution in [0.15, 0.2) is 24.3 Å². The van der Waals surface area contributed by atoms with Gasteiger partial charge in [0.2, 0.25) is 0 Å². The number of ether oxygens (including phenoxy) is 1. The lowest BCUT2D eigenvalue weighted by Gasteiger charge is -2.33. The maximum absolute atomic E-state index is 12.7. The molecule has 1 heterocycles. The molecular formula is C14H17FN2O4. The maximum Gasteiger partial charge on any atom is 0.319 e. The molecule has 0 unspecified atom stereocenters. The molecule has 0 radical (unpaired) electrons. The summed E-state index contributed by atoms with van der Waals surface area (Å²) in [6.45, 7) is 0.764. The van der Waals surface area contributed by atoms with Crippen LogP contribution in [0.5, 0.6) is 0 Å². The van der Waals surface area contributed by atoms with Crippen molar-refractivity contribution in [1.82, 2.24) is 5.32 Å². The highest BCUT2D eigenvalue weighted by molar-refractivity contribution is 5.89. The Kier molecular flexibility index (Phi) is 4.74. The molecule has 3 N–H and O–H groups in total. The summed E-state index contributed by atoms with van der Waals surface area (Å²) in [5, 5.41) is 14.4. The first kappa shape index (κ1) is 15.2. The van der Waals surface area contributed by atoms with Crippen molar-refractivity contribution >= 4 is 17.7 Å². The minimum Gasteiger partial charge on any atom is -0.481 e. The molecule has 1 aromatic rings. The summed E-state index contributed by atoms with van der Waals surface area (Å²) in [5.41, 5.74) is -0.552. The van der Waals surface area contributed by atoms with Crippen molar-refractivity contribution in [3.8, 4) is 0 Å². The van der Waals surface area contributed by atoms with Gasteiger partial charge in [0, 0.05) is 25.4 Å². The Hall–Kier alpha value is -2.15. The van der Waals surface area contributed by atoms with E-state index in [1.54, 1.807) is 0 Å². The fourth-order valence-corrected chi connectivity index (χ4v) is 2.19. The van der Waals surface area contributed by atoms with Crippen LogP contribution in [0.3, 0.4) is 0 Å². The highest BCUT2D eigenvalue weighted by Crippen LogP contribution is 2.30. The van der Waals surface area contributed by atoms with Gasteiger partial charge in [0.25, 0.3) is 0 Å². The number of nitrogens with one attached hydrogen (secondary N) is 2. The minimum atomic E-state index is -0.988. The average molecular weight is 296 g/mol. The summed E-state index contributed by atoms with van der Waals surface area (Å²) >= 11 is 0. The van der Waals surface area contributed by atoms with Gasteiger partial charge >= 0.3 is 12.0 Å². The summed E-state index contributed by atoms with van der Waals surface area (Å²) in [7, 11) is 0. The molecular weight excluding hydrogens is 279 g/mol. The van der Waals surface area contributed by atoms with Crippen LogP contribution in [-0.4, -0.2) is 36.9 Å². The van der Waals surface area contributed by atoms with E-state index in [-0.39, 0.29) is 6.54 Å². The summed E-state index contributed by atoms with van der Waals surface area (Å²) in [6, 6.07) is 4.79. The third-order valence-corrected chi connectivity index (χ3v) is 3.59. The Morgan fingerprint density at radius 1 is 1.24 bits per heavy atom. The van der Waals surface area contributed by atoms with Crippen LogP contribution in [0.2, 0.25) is 0 Å². The number of amides is 2. The van der Waals surface area contributed by atoms with Crippen LogP contribution in [-0.2, 0) is 9.53 Å². The number of hydrogen-bond donors (Lipinski definition) is 3. The van der Waals surface area contributed by atoms with E-state index in [4.69, 9.17) is 4.74 Å². The van der Waals surface area contributed by atoms with Crippen molar-refractivity contribution in [2.45, 2.75) is 12.8 Å². The Labute approximate surface area is 121 Å². The van der Waals surface area contributed by atoms with Crippen molar-refractivity contribution in [2.75, 3.05) is 25.1 Å². The van der Waals surface area contributed by atoms with E-state index >= 15 is 0 Å². The first-order valence-corrected chi connectivity index (χ1v) is 6.63. The second-order valence-electron chi connectivity index (χ2n) is 5.01. The molecule has 0 aliphatic carbocycles. The van der Waals surface area contributed by atoms with Gasteiger partial charge < -0.3 is 20.5 Å². The van der Waals surface area contributed by atoms with E-state index in [0.717, 1.165) is 0 Å². The van der Waals surface area contributed by atoms with Gasteiger partial charge in [-0.25, -0.2) is 9.18 Å². The van der Waals surface area contributed by atoms with Crippen LogP contribution in [0, 0.1) is 11.2 Å². The SMILES string of the molecule is O=C(NCC1(C(=O)O)CCOCC1)Nc1ccc(F)cc1. The molecule has 1 aliphatic rings. The molecule has 114 valence electrons. The molecule has 0 spiro atoms. The van der Waals surface area contributed by atoms with Gasteiger partial charge in [-0.2, -0.15) is 0 Å². The zero-order valence-corrected chi connectivity index (χ0v) is 11.4. The highest BCUT2D eigenvalue weighted by atomic mass is 19.1. The molecule has 2 amide bonds. The number of carbonyl (C=O) groups excluding carboxylic acids is 1. The summed E-state index contributed by atoms with van der Waals surface area (Å²) in [6.07, 6.45) is 0.721. The van der Waals surface area contributed by atoms with Crippen molar-refractivity contribution in [1.29, 1.82) is 0 Å². The second kappa shape index (κ2) is 6.53. The topological polar surface area (TPSA) is 87.7 Å². The summed E-state index contributed by atoms with van der Waals surface area (Å²) in [4.78, 5) is 23.2. The molecule has 1 aromatic carbocycles. The van der Waals surface area contributed by atoms with Crippen LogP contribution < -0.4 is 10.6 Å². The van der Waals surface area contributed by atoms with E-state index < -0.39 is 23.2 Å². The number of rotatable bonds is 4. The average Bonchev–Trinajstić information content (AvgIpc) is 2.48. The van der Waals surface area contributed by atoms with E-state index in [2.05, 4.69) is 10.6 Å². The van der Waals surface area contributed by atoms with Crippen molar-refractivity contribution in [3.63, 3.8) is 0 Å². The zero-order valence-electron chi connectivity index (χ0n) is 11.4. The fraction of sp³-hybridized carbons (Fsp3) is 0.429. The molecule has 1 fully saturated rings. The van der Waals surface area contributed by atoms with Gasteiger partial charge in [-0.05, 0) is 37.1 Å². The number of urea groups is 1. The Balaban J connectivity index is 1.90. The Bertz CT molecular complexity index is 512. The monoisotopic (exact) mass is 296 g/mol. The van der Waals surface area contributed by atoms with Crippen molar-refractivity contribution in [3.05, 3.63) is 30.1 Å². The fourth-order valence-electron chi connectivity index (χ4n) is 2.19. The van der Waals surface area contributed by atoms with Crippen LogP contribution in [0.25, 0.3) is 0 Å². The van der Waals surface area contributed by atoms with Crippen LogP contribution in [0.1, 0.15) is 12.8 Å². The Morgan fingerprint density at radius 3 is 2.43 bits per heavy atom. The first-order chi connectivity index (χ1) is 10.0. The van der Waals surface area contributed by atoms with Crippen LogP contribution in [0.4, 0.5) is 14.9 Å². The Morgan fingerprint density at radius 2 is 1.86 bits per heavy atom. The predicted molar refractivity (Wildman–Crippen MR) is 73.5 cm³/mol. The molecule has 6 nitrogen and oxygen atoms in total. The van der Waals surface area contributed by atoms with Gasteiger partial charge in [-0.3, -0.25) is 4.79 Å². The molecule has 0 saturated carbocycles. The third-order valence-electron chi connectivity index (χ3n) is 3.59. The standard InChI is InChI=1S/C14H17FN2O4/c15-10-1-3-11(4-2-10)17-13(20)16-9-14(12(18)19)5-7-21-8-6-14/h1-4H,5-9H2,(H,18,19)(H2,16,17,20). The van der Waals surface area contributed by atoms with Crippen molar-refractivity contribution < 1.29 is 23.8 Å². The van der Waals surface area contributed by atoms with Gasteiger partial charge in [0.1, 0.15) is 5.82 Å². The third kappa shape index (κ3) is 3.91. The molecule has 21 heavy (non-hydrogen) atoms. The lowest BCUT2D eigenvalue weighted by molar-refractivity contribution is -0.154. The second-order valence-corrected chi connectivity index (χ2v) is 5.01. The quantitative estimate of drug-likeness (QED) is 0.791. The van der Waals surface area contributed by atoms with E-state index in [1.807, 2.05) is 0 Å². The summed E-state index contributed by atoms with van der Waals surface area (Å²) in [5.74, 6) is -1.33. The maximum atomic E-state index is 12.7. The molecule has 2 rings (SSSR count). The van der Waals surface area contributed by atoms with E-state index in [0.29, 0.717) is 31.7 Å². The lowest BCUT2D eigenvalue weighted by Crippen LogP contribution is -2.47. The number of benzene rings is 1. The van der Waals surface area contributed by atoms with Gasteiger partial charge in [-0.15, -0.1) is 0 Å². The zero-order chi connectivity index (χ0) is 15.3. The van der Waals surface area contributed by atoms with Crippen LogP contribution >= 0.6 is 0 Å². The molecule has 1 aliphatic heterocycles.